The maximum atomic E-state index is 12.9. The molecule has 0 bridgehead atoms. The van der Waals surface area contributed by atoms with Crippen LogP contribution in [0.25, 0.3) is 10.1 Å². The molecule has 0 aliphatic heterocycles. The lowest BCUT2D eigenvalue weighted by atomic mass is 10.1. The van der Waals surface area contributed by atoms with Crippen molar-refractivity contribution < 1.29 is 23.1 Å². The highest BCUT2D eigenvalue weighted by molar-refractivity contribution is 7.93. The van der Waals surface area contributed by atoms with Crippen LogP contribution >= 0.6 is 22.9 Å². The van der Waals surface area contributed by atoms with Crippen molar-refractivity contribution in [3.8, 4) is 5.75 Å². The third-order valence-electron chi connectivity index (χ3n) is 5.56. The molecule has 1 aromatic heterocycles. The summed E-state index contributed by atoms with van der Waals surface area (Å²) in [6.07, 6.45) is 1.76. The minimum atomic E-state index is -3.37. The summed E-state index contributed by atoms with van der Waals surface area (Å²) in [5.74, 6) is -0.0414. The van der Waals surface area contributed by atoms with E-state index in [4.69, 9.17) is 21.4 Å². The highest BCUT2D eigenvalue weighted by Gasteiger charge is 2.21. The molecule has 9 heteroatoms. The summed E-state index contributed by atoms with van der Waals surface area (Å²) in [6.45, 7) is 5.02. The zero-order valence-electron chi connectivity index (χ0n) is 19.3. The maximum Gasteiger partial charge on any atom is 0.303 e. The van der Waals surface area contributed by atoms with Gasteiger partial charge in [-0.2, -0.15) is 0 Å². The molecule has 3 rings (SSSR count). The van der Waals surface area contributed by atoms with E-state index in [1.54, 1.807) is 6.07 Å². The minimum Gasteiger partial charge on any atom is -0.489 e. The lowest BCUT2D eigenvalue weighted by molar-refractivity contribution is -0.136. The number of carboxylic acids is 1. The number of aryl methyl sites for hydroxylation is 2. The van der Waals surface area contributed by atoms with Crippen molar-refractivity contribution in [1.29, 1.82) is 0 Å². The molecule has 2 N–H and O–H groups in total. The molecule has 6 nitrogen and oxygen atoms in total. The van der Waals surface area contributed by atoms with Crippen LogP contribution in [0.1, 0.15) is 37.3 Å². The monoisotopic (exact) mass is 523 g/mol. The number of ether oxygens (including phenoxy) is 1. The van der Waals surface area contributed by atoms with Crippen molar-refractivity contribution in [3.63, 3.8) is 0 Å². The predicted molar refractivity (Wildman–Crippen MR) is 138 cm³/mol. The molecule has 2 aromatic carbocycles. The minimum absolute atomic E-state index is 0.0686. The topological polar surface area (TPSA) is 92.7 Å². The number of benzene rings is 2. The lowest BCUT2D eigenvalue weighted by Gasteiger charge is -2.19. The van der Waals surface area contributed by atoms with E-state index >= 15 is 0 Å². The summed E-state index contributed by atoms with van der Waals surface area (Å²) < 4.78 is 33.2. The fourth-order valence-corrected chi connectivity index (χ4v) is 7.10. The molecule has 1 atom stereocenters. The number of halogens is 1. The highest BCUT2D eigenvalue weighted by atomic mass is 35.5. The zero-order valence-corrected chi connectivity index (χ0v) is 21.7. The van der Waals surface area contributed by atoms with Crippen molar-refractivity contribution in [2.45, 2.75) is 49.8 Å². The Hall–Kier alpha value is -2.13. The summed E-state index contributed by atoms with van der Waals surface area (Å²) in [4.78, 5) is 10.8. The highest BCUT2D eigenvalue weighted by Crippen LogP contribution is 2.36. The van der Waals surface area contributed by atoms with Gasteiger partial charge < -0.3 is 15.2 Å². The van der Waals surface area contributed by atoms with Crippen molar-refractivity contribution in [2.75, 3.05) is 18.8 Å². The first kappa shape index (κ1) is 26.5. The molecule has 3 aromatic rings. The standard InChI is InChI=1S/C25H30ClNO5S2/c1-3-20(32-21-7-4-6-18(14-21)8-11-24(28)29)16-27-12-5-13-34(30,31)25-17(2)22-15-19(26)9-10-23(22)33-25/h4,6-7,9-10,14-15,20,27H,3,5,8,11-13,16H2,1-2H3,(H,28,29). The first-order chi connectivity index (χ1) is 16.2. The molecule has 0 radical (unpaired) electrons. The second-order valence-corrected chi connectivity index (χ2v) is 12.0. The Morgan fingerprint density at radius 2 is 2.03 bits per heavy atom. The number of hydrogen-bond donors (Lipinski definition) is 2. The smallest absolute Gasteiger partial charge is 0.303 e. The number of aliphatic carboxylic acids is 1. The number of carbonyl (C=O) groups is 1. The quantitative estimate of drug-likeness (QED) is 0.288. The van der Waals surface area contributed by atoms with Gasteiger partial charge in [0.2, 0.25) is 0 Å². The molecular weight excluding hydrogens is 494 g/mol. The second kappa shape index (κ2) is 12.0. The summed E-state index contributed by atoms with van der Waals surface area (Å²) in [5.41, 5.74) is 1.69. The number of hydrogen-bond acceptors (Lipinski definition) is 6. The average molecular weight is 524 g/mol. The second-order valence-electron chi connectivity index (χ2n) is 8.22. The predicted octanol–water partition coefficient (Wildman–Crippen LogP) is 5.49. The van der Waals surface area contributed by atoms with Gasteiger partial charge in [0.15, 0.2) is 9.84 Å². The van der Waals surface area contributed by atoms with Gasteiger partial charge in [-0.15, -0.1) is 11.3 Å². The van der Waals surface area contributed by atoms with Gasteiger partial charge in [0, 0.05) is 22.7 Å². The van der Waals surface area contributed by atoms with Crippen LogP contribution in [0.2, 0.25) is 5.02 Å². The van der Waals surface area contributed by atoms with E-state index in [1.165, 1.54) is 11.3 Å². The fraction of sp³-hybridized carbons (Fsp3) is 0.400. The summed E-state index contributed by atoms with van der Waals surface area (Å²) in [5, 5.41) is 13.7. The number of fused-ring (bicyclic) bond motifs is 1. The van der Waals surface area contributed by atoms with Gasteiger partial charge in [0.25, 0.3) is 0 Å². The van der Waals surface area contributed by atoms with E-state index in [1.807, 2.05) is 50.2 Å². The first-order valence-electron chi connectivity index (χ1n) is 11.3. The van der Waals surface area contributed by atoms with Gasteiger partial charge in [-0.3, -0.25) is 4.79 Å². The number of thiophene rings is 1. The molecule has 0 spiro atoms. The van der Waals surface area contributed by atoms with Crippen molar-refractivity contribution in [2.24, 2.45) is 0 Å². The largest absolute Gasteiger partial charge is 0.489 e. The molecule has 0 aliphatic carbocycles. The van der Waals surface area contributed by atoms with Crippen molar-refractivity contribution >= 4 is 48.8 Å². The Labute approximate surface area is 209 Å². The van der Waals surface area contributed by atoms with Gasteiger partial charge in [-0.05, 0) is 79.6 Å². The number of rotatable bonds is 13. The number of nitrogens with one attached hydrogen (secondary N) is 1. The van der Waals surface area contributed by atoms with Crippen molar-refractivity contribution in [1.82, 2.24) is 5.32 Å². The van der Waals surface area contributed by atoms with E-state index in [-0.39, 0.29) is 18.3 Å². The van der Waals surface area contributed by atoms with Crippen LogP contribution in [0, 0.1) is 6.92 Å². The molecular formula is C25H30ClNO5S2. The normalized spacial score (nSPS) is 12.7. The SMILES string of the molecule is CCC(CNCCCS(=O)(=O)c1sc2ccc(Cl)cc2c1C)Oc1cccc(CCC(=O)O)c1. The van der Waals surface area contributed by atoms with Crippen LogP contribution in [0.3, 0.4) is 0 Å². The summed E-state index contributed by atoms with van der Waals surface area (Å²) in [7, 11) is -3.37. The maximum absolute atomic E-state index is 12.9. The number of sulfone groups is 1. The van der Waals surface area contributed by atoms with Gasteiger partial charge in [0.1, 0.15) is 16.1 Å². The molecule has 0 amide bonds. The number of carboxylic acid groups (broad SMARTS) is 1. The Balaban J connectivity index is 1.48. The van der Waals surface area contributed by atoms with Crippen LogP contribution in [-0.4, -0.2) is 44.4 Å². The molecule has 1 unspecified atom stereocenters. The van der Waals surface area contributed by atoms with E-state index < -0.39 is 15.8 Å². The van der Waals surface area contributed by atoms with Crippen LogP contribution in [0.4, 0.5) is 0 Å². The Kier molecular flexibility index (Phi) is 9.36. The average Bonchev–Trinajstić information content (AvgIpc) is 3.13. The van der Waals surface area contributed by atoms with E-state index in [0.717, 1.165) is 27.6 Å². The van der Waals surface area contributed by atoms with Crippen LogP contribution in [0.5, 0.6) is 5.75 Å². The Morgan fingerprint density at radius 3 is 2.76 bits per heavy atom. The summed E-state index contributed by atoms with van der Waals surface area (Å²) in [6, 6.07) is 12.9. The summed E-state index contributed by atoms with van der Waals surface area (Å²) >= 11 is 7.37. The van der Waals surface area contributed by atoms with Gasteiger partial charge in [-0.1, -0.05) is 30.7 Å². The van der Waals surface area contributed by atoms with Gasteiger partial charge in [0.05, 0.1) is 5.75 Å². The first-order valence-corrected chi connectivity index (χ1v) is 14.1. The molecule has 0 aliphatic rings. The van der Waals surface area contributed by atoms with Crippen molar-refractivity contribution in [3.05, 3.63) is 58.6 Å². The van der Waals surface area contributed by atoms with Gasteiger partial charge in [-0.25, -0.2) is 8.42 Å². The Morgan fingerprint density at radius 1 is 1.24 bits per heavy atom. The molecule has 34 heavy (non-hydrogen) atoms. The van der Waals surface area contributed by atoms with Crippen LogP contribution in [-0.2, 0) is 21.1 Å². The third-order valence-corrected chi connectivity index (χ3v) is 9.57. The molecule has 1 heterocycles. The molecule has 184 valence electrons. The fourth-order valence-electron chi connectivity index (χ4n) is 3.70. The van der Waals surface area contributed by atoms with Crippen LogP contribution in [0.15, 0.2) is 46.7 Å². The molecule has 0 fully saturated rings. The Bertz CT molecular complexity index is 1240. The third kappa shape index (κ3) is 7.18. The van der Waals surface area contributed by atoms with E-state index in [2.05, 4.69) is 5.32 Å². The zero-order chi connectivity index (χ0) is 24.7. The van der Waals surface area contributed by atoms with Crippen LogP contribution < -0.4 is 10.1 Å². The van der Waals surface area contributed by atoms with Gasteiger partial charge >= 0.3 is 5.97 Å². The lowest BCUT2D eigenvalue weighted by Crippen LogP contribution is -2.32. The van der Waals surface area contributed by atoms with E-state index in [9.17, 15) is 13.2 Å². The van der Waals surface area contributed by atoms with E-state index in [0.29, 0.717) is 40.9 Å². The molecule has 0 saturated carbocycles. The molecule has 0 saturated heterocycles.